The van der Waals surface area contributed by atoms with Crippen molar-refractivity contribution in [2.75, 3.05) is 38.6 Å². The van der Waals surface area contributed by atoms with Gasteiger partial charge < -0.3 is 15.1 Å². The summed E-state index contributed by atoms with van der Waals surface area (Å²) >= 11 is 3.61. The minimum Gasteiger partial charge on any atom is -0.369 e. The van der Waals surface area contributed by atoms with E-state index in [1.54, 1.807) is 0 Å². The number of hydrogen-bond acceptors (Lipinski definition) is 3. The van der Waals surface area contributed by atoms with Crippen molar-refractivity contribution in [3.63, 3.8) is 0 Å². The largest absolute Gasteiger partial charge is 0.369 e. The highest BCUT2D eigenvalue weighted by molar-refractivity contribution is 9.10. The zero-order valence-corrected chi connectivity index (χ0v) is 14.6. The molecule has 0 aromatic heterocycles. The van der Waals surface area contributed by atoms with Crippen LogP contribution in [0.3, 0.4) is 0 Å². The molecule has 3 nitrogen and oxygen atoms in total. The zero-order chi connectivity index (χ0) is 14.7. The molecule has 1 aliphatic heterocycles. The summed E-state index contributed by atoms with van der Waals surface area (Å²) in [7, 11) is 4.37. The van der Waals surface area contributed by atoms with Gasteiger partial charge in [-0.25, -0.2) is 0 Å². The van der Waals surface area contributed by atoms with Crippen molar-refractivity contribution >= 4 is 21.6 Å². The average Bonchev–Trinajstić information content (AvgIpc) is 2.79. The van der Waals surface area contributed by atoms with E-state index in [0.717, 1.165) is 30.7 Å². The summed E-state index contributed by atoms with van der Waals surface area (Å²) < 4.78 is 1.16. The fourth-order valence-electron chi connectivity index (χ4n) is 3.06. The molecule has 0 amide bonds. The van der Waals surface area contributed by atoms with Crippen LogP contribution in [0.2, 0.25) is 0 Å². The molecule has 0 bridgehead atoms. The molecule has 112 valence electrons. The van der Waals surface area contributed by atoms with Crippen molar-refractivity contribution in [1.82, 2.24) is 10.2 Å². The summed E-state index contributed by atoms with van der Waals surface area (Å²) in [4.78, 5) is 4.89. The molecule has 0 aliphatic carbocycles. The molecule has 20 heavy (non-hydrogen) atoms. The van der Waals surface area contributed by atoms with Gasteiger partial charge in [-0.15, -0.1) is 0 Å². The standard InChI is InChI=1S/C16H26BrN3/c1-5-18-9-13-6-7-14(17)8-15(13)20-10-12(2)16(11-20)19(3)4/h6-8,12,16,18H,5,9-11H2,1-4H3. The molecular weight excluding hydrogens is 314 g/mol. The second-order valence-corrected chi connectivity index (χ2v) is 6.88. The van der Waals surface area contributed by atoms with Crippen LogP contribution >= 0.6 is 15.9 Å². The number of benzene rings is 1. The van der Waals surface area contributed by atoms with Crippen molar-refractivity contribution in [2.45, 2.75) is 26.4 Å². The van der Waals surface area contributed by atoms with Gasteiger partial charge in [-0.3, -0.25) is 0 Å². The Kier molecular flexibility index (Phi) is 5.47. The highest BCUT2D eigenvalue weighted by Crippen LogP contribution is 2.31. The topological polar surface area (TPSA) is 18.5 Å². The number of nitrogens with zero attached hydrogens (tertiary/aromatic N) is 2. The molecular formula is C16H26BrN3. The van der Waals surface area contributed by atoms with Gasteiger partial charge >= 0.3 is 0 Å². The van der Waals surface area contributed by atoms with Gasteiger partial charge in [-0.05, 0) is 44.3 Å². The van der Waals surface area contributed by atoms with Gasteiger partial charge in [0.2, 0.25) is 0 Å². The number of anilines is 1. The Bertz CT molecular complexity index is 447. The molecule has 2 unspecified atom stereocenters. The van der Waals surface area contributed by atoms with Gasteiger partial charge in [0.25, 0.3) is 0 Å². The van der Waals surface area contributed by atoms with E-state index in [2.05, 4.69) is 77.2 Å². The van der Waals surface area contributed by atoms with Crippen LogP contribution in [-0.2, 0) is 6.54 Å². The Labute approximate surface area is 131 Å². The van der Waals surface area contributed by atoms with Crippen molar-refractivity contribution in [2.24, 2.45) is 5.92 Å². The average molecular weight is 340 g/mol. The van der Waals surface area contributed by atoms with Crippen molar-refractivity contribution in [3.05, 3.63) is 28.2 Å². The molecule has 0 radical (unpaired) electrons. The number of rotatable bonds is 5. The first-order valence-corrected chi connectivity index (χ1v) is 8.22. The summed E-state index contributed by atoms with van der Waals surface area (Å²) in [6.45, 7) is 8.70. The highest BCUT2D eigenvalue weighted by Gasteiger charge is 2.31. The van der Waals surface area contributed by atoms with Crippen molar-refractivity contribution < 1.29 is 0 Å². The maximum absolute atomic E-state index is 3.61. The minimum atomic E-state index is 0.640. The third-order valence-electron chi connectivity index (χ3n) is 4.19. The highest BCUT2D eigenvalue weighted by atomic mass is 79.9. The summed E-state index contributed by atoms with van der Waals surface area (Å²) in [6, 6.07) is 7.27. The Balaban J connectivity index is 2.21. The molecule has 1 aromatic rings. The summed E-state index contributed by atoms with van der Waals surface area (Å²) in [5.74, 6) is 0.705. The predicted octanol–water partition coefficient (Wildman–Crippen LogP) is 2.94. The smallest absolute Gasteiger partial charge is 0.0423 e. The van der Waals surface area contributed by atoms with Crippen LogP contribution in [0.25, 0.3) is 0 Å². The zero-order valence-electron chi connectivity index (χ0n) is 13.0. The van der Waals surface area contributed by atoms with Crippen LogP contribution in [0.15, 0.2) is 22.7 Å². The van der Waals surface area contributed by atoms with Gasteiger partial charge in [-0.1, -0.05) is 35.8 Å². The Morgan fingerprint density at radius 2 is 2.10 bits per heavy atom. The molecule has 0 saturated carbocycles. The maximum atomic E-state index is 3.61. The van der Waals surface area contributed by atoms with Gasteiger partial charge in [-0.2, -0.15) is 0 Å². The fourth-order valence-corrected chi connectivity index (χ4v) is 3.41. The summed E-state index contributed by atoms with van der Waals surface area (Å²) in [6.07, 6.45) is 0. The lowest BCUT2D eigenvalue weighted by molar-refractivity contribution is 0.266. The molecule has 1 N–H and O–H groups in total. The van der Waals surface area contributed by atoms with E-state index in [0.29, 0.717) is 12.0 Å². The first kappa shape index (κ1) is 15.8. The third-order valence-corrected chi connectivity index (χ3v) is 4.68. The van der Waals surface area contributed by atoms with Crippen LogP contribution in [-0.4, -0.2) is 44.7 Å². The second kappa shape index (κ2) is 6.92. The predicted molar refractivity (Wildman–Crippen MR) is 90.4 cm³/mol. The van der Waals surface area contributed by atoms with Crippen LogP contribution in [0, 0.1) is 5.92 Å². The normalized spacial score (nSPS) is 22.8. The molecule has 1 aliphatic rings. The van der Waals surface area contributed by atoms with E-state index in [9.17, 15) is 0 Å². The summed E-state index contributed by atoms with van der Waals surface area (Å²) in [5, 5.41) is 3.44. The molecule has 1 saturated heterocycles. The molecule has 0 spiro atoms. The Hall–Kier alpha value is -0.580. The lowest BCUT2D eigenvalue weighted by atomic mass is 10.1. The van der Waals surface area contributed by atoms with E-state index in [1.165, 1.54) is 11.3 Å². The quantitative estimate of drug-likeness (QED) is 0.889. The van der Waals surface area contributed by atoms with Crippen molar-refractivity contribution in [1.29, 1.82) is 0 Å². The van der Waals surface area contributed by atoms with Crippen LogP contribution in [0.5, 0.6) is 0 Å². The first-order chi connectivity index (χ1) is 9.52. The van der Waals surface area contributed by atoms with Gasteiger partial charge in [0, 0.05) is 35.8 Å². The van der Waals surface area contributed by atoms with E-state index in [1.807, 2.05) is 0 Å². The monoisotopic (exact) mass is 339 g/mol. The van der Waals surface area contributed by atoms with E-state index in [-0.39, 0.29) is 0 Å². The van der Waals surface area contributed by atoms with Crippen LogP contribution < -0.4 is 10.2 Å². The molecule has 2 rings (SSSR count). The van der Waals surface area contributed by atoms with Gasteiger partial charge in [0.05, 0.1) is 0 Å². The van der Waals surface area contributed by atoms with E-state index < -0.39 is 0 Å². The van der Waals surface area contributed by atoms with Crippen molar-refractivity contribution in [3.8, 4) is 0 Å². The Morgan fingerprint density at radius 3 is 2.70 bits per heavy atom. The summed E-state index contributed by atoms with van der Waals surface area (Å²) in [5.41, 5.74) is 2.76. The van der Waals surface area contributed by atoms with Gasteiger partial charge in [0.1, 0.15) is 0 Å². The first-order valence-electron chi connectivity index (χ1n) is 7.43. The fraction of sp³-hybridized carbons (Fsp3) is 0.625. The molecule has 4 heteroatoms. The molecule has 1 heterocycles. The minimum absolute atomic E-state index is 0.640. The lowest BCUT2D eigenvalue weighted by Crippen LogP contribution is -2.34. The van der Waals surface area contributed by atoms with E-state index in [4.69, 9.17) is 0 Å². The number of hydrogen-bond donors (Lipinski definition) is 1. The van der Waals surface area contributed by atoms with E-state index >= 15 is 0 Å². The number of likely N-dealkylation sites (N-methyl/N-ethyl adjacent to an activating group) is 1. The SMILES string of the molecule is CCNCc1ccc(Br)cc1N1CC(C)C(N(C)C)C1. The molecule has 2 atom stereocenters. The van der Waals surface area contributed by atoms with Gasteiger partial charge in [0.15, 0.2) is 0 Å². The second-order valence-electron chi connectivity index (χ2n) is 5.97. The molecule has 1 aromatic carbocycles. The van der Waals surface area contributed by atoms with Crippen LogP contribution in [0.4, 0.5) is 5.69 Å². The number of nitrogens with one attached hydrogen (secondary N) is 1. The van der Waals surface area contributed by atoms with Crippen LogP contribution in [0.1, 0.15) is 19.4 Å². The Morgan fingerprint density at radius 1 is 1.35 bits per heavy atom. The molecule has 1 fully saturated rings. The lowest BCUT2D eigenvalue weighted by Gasteiger charge is -2.24. The third kappa shape index (κ3) is 3.54. The number of halogens is 1. The maximum Gasteiger partial charge on any atom is 0.0423 e.